The first kappa shape index (κ1) is 26.6. The van der Waals surface area contributed by atoms with Gasteiger partial charge in [-0.15, -0.1) is 0 Å². The Morgan fingerprint density at radius 3 is 2.54 bits per heavy atom. The Balaban J connectivity index is 1.50. The van der Waals surface area contributed by atoms with Crippen LogP contribution in [0.4, 0.5) is 13.2 Å². The van der Waals surface area contributed by atoms with Gasteiger partial charge < -0.3 is 15.4 Å². The summed E-state index contributed by atoms with van der Waals surface area (Å²) in [5.74, 6) is -1.81. The van der Waals surface area contributed by atoms with E-state index < -0.39 is 42.2 Å². The van der Waals surface area contributed by atoms with E-state index in [-0.39, 0.29) is 38.2 Å². The molecule has 3 aromatic rings. The number of benzene rings is 1. The first-order chi connectivity index (χ1) is 17.6. The van der Waals surface area contributed by atoms with E-state index >= 15 is 4.39 Å². The van der Waals surface area contributed by atoms with Crippen molar-refractivity contribution in [1.29, 1.82) is 0 Å². The summed E-state index contributed by atoms with van der Waals surface area (Å²) in [6, 6.07) is 4.45. The lowest BCUT2D eigenvalue weighted by molar-refractivity contribution is -0.124. The van der Waals surface area contributed by atoms with Crippen molar-refractivity contribution in [2.24, 2.45) is 0 Å². The third-order valence-electron chi connectivity index (χ3n) is 5.68. The predicted octanol–water partition coefficient (Wildman–Crippen LogP) is 4.77. The molecular formula is C24H20Cl2F3N5O3. The van der Waals surface area contributed by atoms with E-state index in [4.69, 9.17) is 27.9 Å². The molecule has 1 atom stereocenters. The van der Waals surface area contributed by atoms with Gasteiger partial charge in [0, 0.05) is 22.3 Å². The summed E-state index contributed by atoms with van der Waals surface area (Å²) < 4.78 is 45.6. The zero-order chi connectivity index (χ0) is 26.7. The maximum atomic E-state index is 15.1. The van der Waals surface area contributed by atoms with Crippen molar-refractivity contribution in [3.63, 3.8) is 0 Å². The lowest BCUT2D eigenvalue weighted by atomic mass is 10.0. The monoisotopic (exact) mass is 553 g/mol. The van der Waals surface area contributed by atoms with E-state index in [1.807, 2.05) is 0 Å². The van der Waals surface area contributed by atoms with Crippen molar-refractivity contribution in [3.05, 3.63) is 70.0 Å². The second-order valence-electron chi connectivity index (χ2n) is 8.42. The van der Waals surface area contributed by atoms with Gasteiger partial charge in [0.25, 0.3) is 12.3 Å². The number of rotatable bonds is 9. The number of nitrogens with one attached hydrogen (secondary N) is 2. The second-order valence-corrected chi connectivity index (χ2v) is 9.26. The molecule has 13 heteroatoms. The maximum Gasteiger partial charge on any atom is 0.272 e. The fraction of sp³-hybridized carbons (Fsp3) is 0.292. The summed E-state index contributed by atoms with van der Waals surface area (Å²) in [5.41, 5.74) is -0.563. The van der Waals surface area contributed by atoms with E-state index in [9.17, 15) is 18.4 Å². The van der Waals surface area contributed by atoms with E-state index in [0.717, 1.165) is 6.07 Å². The fourth-order valence-electron chi connectivity index (χ4n) is 3.63. The maximum absolute atomic E-state index is 15.1. The lowest BCUT2D eigenvalue weighted by Gasteiger charge is -2.21. The summed E-state index contributed by atoms with van der Waals surface area (Å²) >= 11 is 12.2. The molecule has 1 aliphatic carbocycles. The van der Waals surface area contributed by atoms with Crippen LogP contribution < -0.4 is 15.4 Å². The Bertz CT molecular complexity index is 1330. The number of hydrogen-bond donors (Lipinski definition) is 2. The number of carbonyl (C=O) groups is 2. The third kappa shape index (κ3) is 6.11. The van der Waals surface area contributed by atoms with Crippen LogP contribution in [0.3, 0.4) is 0 Å². The van der Waals surface area contributed by atoms with Crippen LogP contribution >= 0.6 is 23.2 Å². The largest absolute Gasteiger partial charge is 0.485 e. The number of alkyl halides is 2. The van der Waals surface area contributed by atoms with Crippen LogP contribution in [0.5, 0.6) is 5.75 Å². The summed E-state index contributed by atoms with van der Waals surface area (Å²) in [4.78, 5) is 29.5. The van der Waals surface area contributed by atoms with Crippen LogP contribution in [0.25, 0.3) is 11.1 Å². The number of hydrogen-bond acceptors (Lipinski definition) is 6. The van der Waals surface area contributed by atoms with Crippen LogP contribution in [0.15, 0.2) is 42.9 Å². The molecule has 0 aliphatic heterocycles. The molecule has 1 aliphatic rings. The highest BCUT2D eigenvalue weighted by molar-refractivity contribution is 6.36. The number of aromatic nitrogens is 3. The smallest absolute Gasteiger partial charge is 0.272 e. The topological polar surface area (TPSA) is 106 Å². The van der Waals surface area contributed by atoms with Gasteiger partial charge in [0.15, 0.2) is 0 Å². The van der Waals surface area contributed by atoms with Gasteiger partial charge >= 0.3 is 0 Å². The van der Waals surface area contributed by atoms with Gasteiger partial charge in [-0.05, 0) is 44.0 Å². The molecule has 0 unspecified atom stereocenters. The van der Waals surface area contributed by atoms with Crippen molar-refractivity contribution < 1.29 is 27.5 Å². The third-order valence-corrected chi connectivity index (χ3v) is 6.18. The standard InChI is InChI=1S/C24H20Cl2F3N5O3/c1-12(33-23(36)24(3-4-24)34-22(35)13-2-5-31-32-10-13)20-18(27)6-14(9-30-20)16-7-15(25)8-17(26)21(16)37-11-19(28)29/h2,5-10,12,19H,3-4,11H2,1H3,(H,33,36)(H,34,35)/t12-/m1/s1. The molecule has 8 nitrogen and oxygen atoms in total. The molecule has 2 amide bonds. The van der Waals surface area contributed by atoms with Crippen LogP contribution in [-0.4, -0.2) is 45.6 Å². The minimum atomic E-state index is -2.75. The molecule has 194 valence electrons. The van der Waals surface area contributed by atoms with Crippen LogP contribution in [0.1, 0.15) is 41.9 Å². The average molecular weight is 554 g/mol. The Hall–Kier alpha value is -3.44. The zero-order valence-electron chi connectivity index (χ0n) is 19.3. The summed E-state index contributed by atoms with van der Waals surface area (Å²) in [7, 11) is 0. The van der Waals surface area contributed by atoms with E-state index in [2.05, 4.69) is 25.8 Å². The molecule has 1 aromatic carbocycles. The first-order valence-corrected chi connectivity index (χ1v) is 11.8. The molecule has 2 aromatic heterocycles. The molecule has 0 radical (unpaired) electrons. The summed E-state index contributed by atoms with van der Waals surface area (Å²) in [6.45, 7) is 0.627. The Morgan fingerprint density at radius 1 is 1.16 bits per heavy atom. The molecule has 0 bridgehead atoms. The van der Waals surface area contributed by atoms with Gasteiger partial charge in [-0.2, -0.15) is 10.2 Å². The quantitative estimate of drug-likeness (QED) is 0.395. The molecule has 37 heavy (non-hydrogen) atoms. The molecule has 2 N–H and O–H groups in total. The normalized spacial score (nSPS) is 14.7. The van der Waals surface area contributed by atoms with Crippen molar-refractivity contribution in [2.45, 2.75) is 37.8 Å². The molecule has 1 fully saturated rings. The molecule has 0 saturated heterocycles. The number of carbonyl (C=O) groups excluding carboxylic acids is 2. The van der Waals surface area contributed by atoms with Crippen molar-refractivity contribution in [3.8, 4) is 16.9 Å². The molecule has 0 spiro atoms. The number of amides is 2. The SMILES string of the molecule is C[C@@H](NC(=O)C1(NC(=O)c2ccnnc2)CC1)c1ncc(-c2cc(Cl)cc(Cl)c2OCC(F)F)cc1F. The lowest BCUT2D eigenvalue weighted by Crippen LogP contribution is -2.49. The van der Waals surface area contributed by atoms with Crippen LogP contribution in [0.2, 0.25) is 10.0 Å². The zero-order valence-corrected chi connectivity index (χ0v) is 20.8. The van der Waals surface area contributed by atoms with Gasteiger partial charge in [0.2, 0.25) is 5.91 Å². The first-order valence-electron chi connectivity index (χ1n) is 11.1. The molecule has 1 saturated carbocycles. The van der Waals surface area contributed by atoms with Gasteiger partial charge in [-0.3, -0.25) is 14.6 Å². The average Bonchev–Trinajstić information content (AvgIpc) is 3.64. The molecule has 4 rings (SSSR count). The number of halogens is 5. The number of nitrogens with zero attached hydrogens (tertiary/aromatic N) is 3. The Labute approximate surface area is 219 Å². The second kappa shape index (κ2) is 10.9. The van der Waals surface area contributed by atoms with E-state index in [1.54, 1.807) is 6.92 Å². The summed E-state index contributed by atoms with van der Waals surface area (Å²) in [6.07, 6.45) is 2.03. The highest BCUT2D eigenvalue weighted by atomic mass is 35.5. The highest BCUT2D eigenvalue weighted by Crippen LogP contribution is 2.40. The molecular weight excluding hydrogens is 534 g/mol. The number of ether oxygens (including phenoxy) is 1. The van der Waals surface area contributed by atoms with Crippen molar-refractivity contribution in [2.75, 3.05) is 6.61 Å². The van der Waals surface area contributed by atoms with E-state index in [1.165, 1.54) is 36.8 Å². The van der Waals surface area contributed by atoms with Crippen molar-refractivity contribution in [1.82, 2.24) is 25.8 Å². The Kier molecular flexibility index (Phi) is 7.84. The minimum Gasteiger partial charge on any atom is -0.485 e. The van der Waals surface area contributed by atoms with Crippen LogP contribution in [0, 0.1) is 5.82 Å². The van der Waals surface area contributed by atoms with Crippen molar-refractivity contribution >= 4 is 35.0 Å². The van der Waals surface area contributed by atoms with Crippen LogP contribution in [-0.2, 0) is 4.79 Å². The Morgan fingerprint density at radius 2 is 1.92 bits per heavy atom. The van der Waals surface area contributed by atoms with Gasteiger partial charge in [0.1, 0.15) is 23.7 Å². The number of pyridine rings is 1. The van der Waals surface area contributed by atoms with Gasteiger partial charge in [-0.1, -0.05) is 23.2 Å². The molecule has 2 heterocycles. The summed E-state index contributed by atoms with van der Waals surface area (Å²) in [5, 5.41) is 12.8. The predicted molar refractivity (Wildman–Crippen MR) is 129 cm³/mol. The van der Waals surface area contributed by atoms with Gasteiger partial charge in [0.05, 0.1) is 34.7 Å². The van der Waals surface area contributed by atoms with Gasteiger partial charge in [-0.25, -0.2) is 13.2 Å². The highest BCUT2D eigenvalue weighted by Gasteiger charge is 2.51. The minimum absolute atomic E-state index is 0.0207. The van der Waals surface area contributed by atoms with E-state index in [0.29, 0.717) is 12.8 Å². The fourth-order valence-corrected chi connectivity index (χ4v) is 4.18.